The molecule has 4 nitrogen and oxygen atoms in total. The summed E-state index contributed by atoms with van der Waals surface area (Å²) in [6, 6.07) is 2.36. The van der Waals surface area contributed by atoms with Gasteiger partial charge < -0.3 is 10.2 Å². The van der Waals surface area contributed by atoms with Gasteiger partial charge in [0.1, 0.15) is 5.82 Å². The Bertz CT molecular complexity index is 357. The van der Waals surface area contributed by atoms with E-state index in [2.05, 4.69) is 54.9 Å². The topological polar surface area (TPSA) is 41.1 Å². The van der Waals surface area contributed by atoms with Crippen LogP contribution in [-0.2, 0) is 0 Å². The first-order valence-corrected chi connectivity index (χ1v) is 6.16. The van der Waals surface area contributed by atoms with Gasteiger partial charge in [0.25, 0.3) is 0 Å². The highest BCUT2D eigenvalue weighted by molar-refractivity contribution is 5.42. The van der Waals surface area contributed by atoms with Gasteiger partial charge in [-0.25, -0.2) is 4.98 Å². The van der Waals surface area contributed by atoms with Crippen molar-refractivity contribution in [3.05, 3.63) is 12.3 Å². The molecule has 1 aromatic rings. The summed E-state index contributed by atoms with van der Waals surface area (Å²) in [6.07, 6.45) is 1.80. The minimum atomic E-state index is 0.220. The number of nitrogens with one attached hydrogen (secondary N) is 1. The minimum absolute atomic E-state index is 0.220. The highest BCUT2D eigenvalue weighted by Gasteiger charge is 2.24. The molecule has 1 aromatic heterocycles. The monoisotopic (exact) mass is 236 g/mol. The normalized spacial score (nSPS) is 13.3. The van der Waals surface area contributed by atoms with E-state index in [0.29, 0.717) is 12.0 Å². The summed E-state index contributed by atoms with van der Waals surface area (Å²) in [5.41, 5.74) is 0.220. The van der Waals surface area contributed by atoms with Crippen molar-refractivity contribution in [3.8, 4) is 0 Å². The number of hydrogen-bond acceptors (Lipinski definition) is 4. The quantitative estimate of drug-likeness (QED) is 0.872. The standard InChI is InChI=1S/C13H24N4/c1-7-14-12-15-9-8-11(16-12)17(6)10(2)13(3,4)5/h8-10H,7H2,1-6H3,(H,14,15,16). The summed E-state index contributed by atoms with van der Waals surface area (Å²) >= 11 is 0. The van der Waals surface area contributed by atoms with Gasteiger partial charge in [-0.05, 0) is 25.3 Å². The second-order valence-corrected chi connectivity index (χ2v) is 5.42. The van der Waals surface area contributed by atoms with Gasteiger partial charge in [0, 0.05) is 25.8 Å². The second-order valence-electron chi connectivity index (χ2n) is 5.42. The lowest BCUT2D eigenvalue weighted by Crippen LogP contribution is -2.39. The molecule has 0 fully saturated rings. The number of hydrogen-bond donors (Lipinski definition) is 1. The Kier molecular flexibility index (Phi) is 4.32. The third-order valence-corrected chi connectivity index (χ3v) is 3.17. The first-order valence-electron chi connectivity index (χ1n) is 6.16. The molecule has 1 unspecified atom stereocenters. The zero-order valence-corrected chi connectivity index (χ0v) is 11.8. The van der Waals surface area contributed by atoms with E-state index >= 15 is 0 Å². The molecule has 0 aliphatic heterocycles. The Labute approximate surface area is 104 Å². The van der Waals surface area contributed by atoms with E-state index in [1.54, 1.807) is 6.20 Å². The van der Waals surface area contributed by atoms with Crippen LogP contribution in [0.15, 0.2) is 12.3 Å². The van der Waals surface area contributed by atoms with E-state index in [-0.39, 0.29) is 5.41 Å². The molecule has 1 N–H and O–H groups in total. The van der Waals surface area contributed by atoms with Gasteiger partial charge >= 0.3 is 0 Å². The van der Waals surface area contributed by atoms with E-state index in [1.807, 2.05) is 13.0 Å². The third-order valence-electron chi connectivity index (χ3n) is 3.17. The van der Waals surface area contributed by atoms with E-state index in [1.165, 1.54) is 0 Å². The van der Waals surface area contributed by atoms with E-state index < -0.39 is 0 Å². The molecule has 0 bridgehead atoms. The first kappa shape index (κ1) is 13.7. The third kappa shape index (κ3) is 3.58. The van der Waals surface area contributed by atoms with Crippen molar-refractivity contribution in [3.63, 3.8) is 0 Å². The fourth-order valence-corrected chi connectivity index (χ4v) is 1.57. The van der Waals surface area contributed by atoms with Crippen molar-refractivity contribution in [2.75, 3.05) is 23.8 Å². The molecule has 1 rings (SSSR count). The van der Waals surface area contributed by atoms with E-state index in [9.17, 15) is 0 Å². The van der Waals surface area contributed by atoms with Crippen LogP contribution >= 0.6 is 0 Å². The van der Waals surface area contributed by atoms with Crippen LogP contribution in [0.1, 0.15) is 34.6 Å². The Morgan fingerprint density at radius 2 is 2.06 bits per heavy atom. The molecule has 0 aromatic carbocycles. The minimum Gasteiger partial charge on any atom is -0.356 e. The van der Waals surface area contributed by atoms with Crippen molar-refractivity contribution < 1.29 is 0 Å². The van der Waals surface area contributed by atoms with Gasteiger partial charge in [-0.3, -0.25) is 0 Å². The number of aromatic nitrogens is 2. The first-order chi connectivity index (χ1) is 7.86. The van der Waals surface area contributed by atoms with Gasteiger partial charge in [0.15, 0.2) is 0 Å². The Balaban J connectivity index is 2.88. The molecule has 0 amide bonds. The van der Waals surface area contributed by atoms with Gasteiger partial charge in [-0.15, -0.1) is 0 Å². The summed E-state index contributed by atoms with van der Waals surface area (Å²) in [6.45, 7) is 11.8. The molecule has 0 saturated carbocycles. The van der Waals surface area contributed by atoms with Crippen molar-refractivity contribution >= 4 is 11.8 Å². The maximum atomic E-state index is 4.50. The molecule has 4 heteroatoms. The second kappa shape index (κ2) is 5.34. The van der Waals surface area contributed by atoms with Gasteiger partial charge in [0.05, 0.1) is 0 Å². The lowest BCUT2D eigenvalue weighted by atomic mass is 9.87. The maximum absolute atomic E-state index is 4.50. The van der Waals surface area contributed by atoms with Gasteiger partial charge in [-0.1, -0.05) is 20.8 Å². The van der Waals surface area contributed by atoms with Gasteiger partial charge in [0.2, 0.25) is 5.95 Å². The Hall–Kier alpha value is -1.32. The maximum Gasteiger partial charge on any atom is 0.224 e. The predicted molar refractivity (Wildman–Crippen MR) is 73.5 cm³/mol. The fourth-order valence-electron chi connectivity index (χ4n) is 1.57. The van der Waals surface area contributed by atoms with Crippen LogP contribution in [0, 0.1) is 5.41 Å². The number of anilines is 2. The van der Waals surface area contributed by atoms with Crippen LogP contribution in [0.3, 0.4) is 0 Å². The number of nitrogens with zero attached hydrogens (tertiary/aromatic N) is 3. The van der Waals surface area contributed by atoms with Crippen LogP contribution in [0.4, 0.5) is 11.8 Å². The van der Waals surface area contributed by atoms with Crippen LogP contribution in [0.25, 0.3) is 0 Å². The van der Waals surface area contributed by atoms with Crippen molar-refractivity contribution in [2.24, 2.45) is 5.41 Å². The zero-order valence-electron chi connectivity index (χ0n) is 11.8. The van der Waals surface area contributed by atoms with Crippen LogP contribution < -0.4 is 10.2 Å². The number of rotatable bonds is 4. The summed E-state index contributed by atoms with van der Waals surface area (Å²) < 4.78 is 0. The molecule has 1 heterocycles. The van der Waals surface area contributed by atoms with Crippen LogP contribution in [0.5, 0.6) is 0 Å². The van der Waals surface area contributed by atoms with Gasteiger partial charge in [-0.2, -0.15) is 4.98 Å². The van der Waals surface area contributed by atoms with Crippen molar-refractivity contribution in [1.29, 1.82) is 0 Å². The molecule has 0 spiro atoms. The lowest BCUT2D eigenvalue weighted by molar-refractivity contribution is 0.328. The Morgan fingerprint density at radius 1 is 1.41 bits per heavy atom. The highest BCUT2D eigenvalue weighted by atomic mass is 15.2. The average Bonchev–Trinajstić information content (AvgIpc) is 2.27. The van der Waals surface area contributed by atoms with E-state index in [4.69, 9.17) is 0 Å². The fraction of sp³-hybridized carbons (Fsp3) is 0.692. The summed E-state index contributed by atoms with van der Waals surface area (Å²) in [5.74, 6) is 1.65. The largest absolute Gasteiger partial charge is 0.356 e. The molecular weight excluding hydrogens is 212 g/mol. The zero-order chi connectivity index (χ0) is 13.1. The molecule has 1 atom stereocenters. The smallest absolute Gasteiger partial charge is 0.224 e. The van der Waals surface area contributed by atoms with Crippen molar-refractivity contribution in [1.82, 2.24) is 9.97 Å². The average molecular weight is 236 g/mol. The molecule has 17 heavy (non-hydrogen) atoms. The summed E-state index contributed by atoms with van der Waals surface area (Å²) in [4.78, 5) is 10.9. The molecule has 0 radical (unpaired) electrons. The van der Waals surface area contributed by atoms with Crippen LogP contribution in [-0.4, -0.2) is 29.6 Å². The summed E-state index contributed by atoms with van der Waals surface area (Å²) in [5, 5.41) is 3.13. The highest BCUT2D eigenvalue weighted by Crippen LogP contribution is 2.26. The SMILES string of the molecule is CCNc1nccc(N(C)C(C)C(C)(C)C)n1. The molecule has 0 saturated heterocycles. The summed E-state index contributed by atoms with van der Waals surface area (Å²) in [7, 11) is 2.08. The Morgan fingerprint density at radius 3 is 2.59 bits per heavy atom. The molecular formula is C13H24N4. The lowest BCUT2D eigenvalue weighted by Gasteiger charge is -2.36. The molecule has 96 valence electrons. The van der Waals surface area contributed by atoms with E-state index in [0.717, 1.165) is 12.4 Å². The predicted octanol–water partition coefficient (Wildman–Crippen LogP) is 2.78. The van der Waals surface area contributed by atoms with Crippen LogP contribution in [0.2, 0.25) is 0 Å². The molecule has 0 aliphatic rings. The molecule has 0 aliphatic carbocycles. The van der Waals surface area contributed by atoms with Crippen molar-refractivity contribution in [2.45, 2.75) is 40.7 Å².